The minimum absolute atomic E-state index is 0.109. The van der Waals surface area contributed by atoms with E-state index in [1.54, 1.807) is 49.4 Å². The molecule has 2 aromatic heterocycles. The highest BCUT2D eigenvalue weighted by molar-refractivity contribution is 7.99. The third-order valence-electron chi connectivity index (χ3n) is 4.09. The van der Waals surface area contributed by atoms with Gasteiger partial charge < -0.3 is 10.1 Å². The summed E-state index contributed by atoms with van der Waals surface area (Å²) in [6.45, 7) is 5.56. The molecular weight excluding hydrogens is 382 g/mol. The summed E-state index contributed by atoms with van der Waals surface area (Å²) in [6.07, 6.45) is 0. The van der Waals surface area contributed by atoms with Crippen LogP contribution in [0.2, 0.25) is 0 Å². The number of aromatic amines is 1. The molecule has 0 aliphatic heterocycles. The molecule has 0 saturated carbocycles. The number of benzene rings is 1. The Hall–Kier alpha value is -3.14. The van der Waals surface area contributed by atoms with Crippen molar-refractivity contribution < 1.29 is 14.3 Å². The number of hydrogen-bond donors (Lipinski definition) is 2. The summed E-state index contributed by atoms with van der Waals surface area (Å²) in [4.78, 5) is 38.3. The molecule has 3 aromatic rings. The highest BCUT2D eigenvalue weighted by Gasteiger charge is 2.14. The van der Waals surface area contributed by atoms with E-state index in [2.05, 4.69) is 20.5 Å². The van der Waals surface area contributed by atoms with Crippen LogP contribution >= 0.6 is 11.8 Å². The lowest BCUT2D eigenvalue weighted by atomic mass is 10.2. The van der Waals surface area contributed by atoms with Gasteiger partial charge in [-0.05, 0) is 45.0 Å². The van der Waals surface area contributed by atoms with Crippen LogP contribution in [0.1, 0.15) is 28.5 Å². The molecule has 146 valence electrons. The maximum atomic E-state index is 12.2. The van der Waals surface area contributed by atoms with Crippen LogP contribution in [-0.4, -0.2) is 43.8 Å². The van der Waals surface area contributed by atoms with Crippen LogP contribution in [-0.2, 0) is 9.53 Å². The van der Waals surface area contributed by atoms with Crippen molar-refractivity contribution in [3.05, 3.63) is 51.4 Å². The third-order valence-corrected chi connectivity index (χ3v) is 5.02. The lowest BCUT2D eigenvalue weighted by Gasteiger charge is -2.07. The van der Waals surface area contributed by atoms with Crippen LogP contribution in [0.15, 0.2) is 34.2 Å². The number of ether oxygens (including phenoxy) is 1. The van der Waals surface area contributed by atoms with Gasteiger partial charge in [-0.15, -0.1) is 10.2 Å². The fourth-order valence-corrected chi connectivity index (χ4v) is 3.29. The number of aryl methyl sites for hydroxylation is 1. The molecule has 0 aliphatic carbocycles. The van der Waals surface area contributed by atoms with E-state index in [1.807, 2.05) is 0 Å². The van der Waals surface area contributed by atoms with Crippen molar-refractivity contribution in [2.75, 3.05) is 17.7 Å². The number of thioether (sulfide) groups is 1. The lowest BCUT2D eigenvalue weighted by molar-refractivity contribution is -0.113. The van der Waals surface area contributed by atoms with Crippen molar-refractivity contribution >= 4 is 35.1 Å². The van der Waals surface area contributed by atoms with E-state index < -0.39 is 5.97 Å². The number of carbonyl (C=O) groups excluding carboxylic acids is 2. The molecule has 1 aromatic carbocycles. The quantitative estimate of drug-likeness (QED) is 0.479. The van der Waals surface area contributed by atoms with Crippen LogP contribution in [0.4, 0.5) is 5.69 Å². The number of rotatable bonds is 6. The lowest BCUT2D eigenvalue weighted by Crippen LogP contribution is -2.16. The van der Waals surface area contributed by atoms with E-state index in [-0.39, 0.29) is 17.2 Å². The van der Waals surface area contributed by atoms with Crippen LogP contribution in [0, 0.1) is 13.8 Å². The Bertz CT molecular complexity index is 1090. The minimum Gasteiger partial charge on any atom is -0.462 e. The highest BCUT2D eigenvalue weighted by atomic mass is 32.2. The second-order valence-corrected chi connectivity index (χ2v) is 6.88. The summed E-state index contributed by atoms with van der Waals surface area (Å²) in [6, 6.07) is 6.46. The number of fused-ring (bicyclic) bond motifs is 1. The van der Waals surface area contributed by atoms with Gasteiger partial charge in [-0.3, -0.25) is 19.0 Å². The van der Waals surface area contributed by atoms with Crippen molar-refractivity contribution in [1.82, 2.24) is 19.6 Å². The molecule has 10 heteroatoms. The second-order valence-electron chi connectivity index (χ2n) is 5.94. The van der Waals surface area contributed by atoms with Gasteiger partial charge in [0.05, 0.1) is 17.9 Å². The normalized spacial score (nSPS) is 10.8. The molecular formula is C18H19N5O4S. The number of esters is 1. The fraction of sp³-hybridized carbons (Fsp3) is 0.278. The standard InChI is InChI=1S/C18H19N5O4S/c1-4-27-16(26)12-5-7-13(8-6-12)19-14(24)9-28-18-22-21-17-20-15(25)10(2)11(3)23(17)18/h5-8H,4,9H2,1-3H3,(H,19,24)(H,20,21,25). The average molecular weight is 401 g/mol. The van der Waals surface area contributed by atoms with Crippen molar-refractivity contribution in [3.63, 3.8) is 0 Å². The van der Waals surface area contributed by atoms with Gasteiger partial charge in [-0.25, -0.2) is 4.79 Å². The van der Waals surface area contributed by atoms with Crippen molar-refractivity contribution in [2.24, 2.45) is 0 Å². The first-order valence-electron chi connectivity index (χ1n) is 8.55. The number of aromatic nitrogens is 4. The van der Waals surface area contributed by atoms with Gasteiger partial charge in [0.25, 0.3) is 5.56 Å². The summed E-state index contributed by atoms with van der Waals surface area (Å²) >= 11 is 1.21. The maximum absolute atomic E-state index is 12.2. The predicted molar refractivity (Wildman–Crippen MR) is 105 cm³/mol. The average Bonchev–Trinajstić information content (AvgIpc) is 3.08. The van der Waals surface area contributed by atoms with E-state index in [0.29, 0.717) is 34.4 Å². The van der Waals surface area contributed by atoms with E-state index in [1.165, 1.54) is 11.8 Å². The Kier molecular flexibility index (Phi) is 5.78. The Balaban J connectivity index is 1.65. The Labute approximate surface area is 164 Å². The first-order chi connectivity index (χ1) is 13.4. The van der Waals surface area contributed by atoms with Crippen LogP contribution in [0.25, 0.3) is 5.78 Å². The Morgan fingerprint density at radius 1 is 1.21 bits per heavy atom. The SMILES string of the molecule is CCOC(=O)c1ccc(NC(=O)CSc2nnc3[nH]c(=O)c(C)c(C)n23)cc1. The Morgan fingerprint density at radius 3 is 2.61 bits per heavy atom. The smallest absolute Gasteiger partial charge is 0.338 e. The molecule has 2 N–H and O–H groups in total. The molecule has 0 bridgehead atoms. The van der Waals surface area contributed by atoms with E-state index in [4.69, 9.17) is 4.74 Å². The first-order valence-corrected chi connectivity index (χ1v) is 9.53. The highest BCUT2D eigenvalue weighted by Crippen LogP contribution is 2.19. The molecule has 0 fully saturated rings. The largest absolute Gasteiger partial charge is 0.462 e. The van der Waals surface area contributed by atoms with Gasteiger partial charge in [-0.2, -0.15) is 0 Å². The van der Waals surface area contributed by atoms with Crippen LogP contribution in [0.3, 0.4) is 0 Å². The third kappa shape index (κ3) is 4.06. The number of carbonyl (C=O) groups is 2. The molecule has 0 saturated heterocycles. The van der Waals surface area contributed by atoms with Gasteiger partial charge in [0.1, 0.15) is 0 Å². The Morgan fingerprint density at radius 2 is 1.93 bits per heavy atom. The number of H-pyrrole nitrogens is 1. The summed E-state index contributed by atoms with van der Waals surface area (Å²) in [7, 11) is 0. The topological polar surface area (TPSA) is 118 Å². The number of nitrogens with zero attached hydrogens (tertiary/aromatic N) is 3. The molecule has 3 rings (SSSR count). The number of nitrogens with one attached hydrogen (secondary N) is 2. The van der Waals surface area contributed by atoms with Gasteiger partial charge in [-0.1, -0.05) is 11.8 Å². The molecule has 0 aliphatic rings. The number of hydrogen-bond acceptors (Lipinski definition) is 7. The zero-order chi connectivity index (χ0) is 20.3. The molecule has 28 heavy (non-hydrogen) atoms. The minimum atomic E-state index is -0.404. The van der Waals surface area contributed by atoms with E-state index >= 15 is 0 Å². The van der Waals surface area contributed by atoms with E-state index in [9.17, 15) is 14.4 Å². The molecule has 0 spiro atoms. The van der Waals surface area contributed by atoms with Crippen molar-refractivity contribution in [2.45, 2.75) is 25.9 Å². The van der Waals surface area contributed by atoms with E-state index in [0.717, 1.165) is 5.69 Å². The molecule has 1 amide bonds. The van der Waals surface area contributed by atoms with Crippen LogP contribution in [0.5, 0.6) is 0 Å². The molecule has 0 unspecified atom stereocenters. The molecule has 2 heterocycles. The summed E-state index contributed by atoms with van der Waals surface area (Å²) in [5.41, 5.74) is 2.07. The number of anilines is 1. The fourth-order valence-electron chi connectivity index (χ4n) is 2.51. The first kappa shape index (κ1) is 19.6. The predicted octanol–water partition coefficient (Wildman–Crippen LogP) is 1.94. The summed E-state index contributed by atoms with van der Waals surface area (Å²) in [5, 5.41) is 11.3. The van der Waals surface area contributed by atoms with Gasteiger partial charge >= 0.3 is 5.97 Å². The molecule has 0 atom stereocenters. The van der Waals surface area contributed by atoms with Crippen molar-refractivity contribution in [3.8, 4) is 0 Å². The summed E-state index contributed by atoms with van der Waals surface area (Å²) < 4.78 is 6.63. The van der Waals surface area contributed by atoms with Gasteiger partial charge in [0.2, 0.25) is 11.7 Å². The zero-order valence-corrected chi connectivity index (χ0v) is 16.4. The van der Waals surface area contributed by atoms with Crippen molar-refractivity contribution in [1.29, 1.82) is 0 Å². The zero-order valence-electron chi connectivity index (χ0n) is 15.6. The van der Waals surface area contributed by atoms with Crippen LogP contribution < -0.4 is 10.9 Å². The second kappa shape index (κ2) is 8.26. The summed E-state index contributed by atoms with van der Waals surface area (Å²) in [5.74, 6) is -0.189. The molecule has 0 radical (unpaired) electrons. The van der Waals surface area contributed by atoms with Gasteiger partial charge in [0, 0.05) is 16.9 Å². The molecule has 9 nitrogen and oxygen atoms in total. The van der Waals surface area contributed by atoms with Gasteiger partial charge in [0.15, 0.2) is 5.16 Å². The maximum Gasteiger partial charge on any atom is 0.338 e. The number of amides is 1. The monoisotopic (exact) mass is 401 g/mol.